The Morgan fingerprint density at radius 1 is 1.12 bits per heavy atom. The molecule has 1 saturated heterocycles. The summed E-state index contributed by atoms with van der Waals surface area (Å²) in [7, 11) is 0. The van der Waals surface area contributed by atoms with Crippen molar-refractivity contribution in [3.8, 4) is 16.9 Å². The van der Waals surface area contributed by atoms with Crippen molar-refractivity contribution in [1.82, 2.24) is 15.1 Å². The van der Waals surface area contributed by atoms with Gasteiger partial charge in [-0.25, -0.2) is 4.68 Å². The Kier molecular flexibility index (Phi) is 4.80. The number of carbonyl (C=O) groups excluding carboxylic acids is 1. The van der Waals surface area contributed by atoms with Crippen molar-refractivity contribution in [2.45, 2.75) is 18.9 Å². The maximum Gasteiger partial charge on any atom is 0.255 e. The maximum atomic E-state index is 12.8. The molecule has 0 bridgehead atoms. The van der Waals surface area contributed by atoms with E-state index in [0.717, 1.165) is 30.7 Å². The number of nitrogens with one attached hydrogen (secondary N) is 1. The van der Waals surface area contributed by atoms with E-state index in [1.165, 1.54) is 0 Å². The fourth-order valence-electron chi connectivity index (χ4n) is 3.17. The van der Waals surface area contributed by atoms with E-state index in [1.807, 2.05) is 60.7 Å². The average Bonchev–Trinajstić information content (AvgIpc) is 3.37. The fourth-order valence-corrected chi connectivity index (χ4v) is 3.17. The average molecular weight is 347 g/mol. The zero-order chi connectivity index (χ0) is 17.8. The first-order valence-corrected chi connectivity index (χ1v) is 8.91. The lowest BCUT2D eigenvalue weighted by molar-refractivity contribution is 0.0858. The first kappa shape index (κ1) is 16.5. The number of benzene rings is 2. The van der Waals surface area contributed by atoms with Gasteiger partial charge in [-0.1, -0.05) is 48.5 Å². The van der Waals surface area contributed by atoms with Crippen molar-refractivity contribution in [2.24, 2.45) is 0 Å². The Morgan fingerprint density at radius 3 is 2.54 bits per heavy atom. The fraction of sp³-hybridized carbons (Fsp3) is 0.238. The third kappa shape index (κ3) is 3.53. The van der Waals surface area contributed by atoms with Crippen LogP contribution in [0.2, 0.25) is 0 Å². The topological polar surface area (TPSA) is 56.1 Å². The lowest BCUT2D eigenvalue weighted by Crippen LogP contribution is -2.31. The first-order valence-electron chi connectivity index (χ1n) is 8.91. The molecular formula is C21H21N3O2. The molecule has 1 aliphatic rings. The smallest absolute Gasteiger partial charge is 0.255 e. The molecular weight excluding hydrogens is 326 g/mol. The third-order valence-electron chi connectivity index (χ3n) is 4.54. The van der Waals surface area contributed by atoms with E-state index < -0.39 is 0 Å². The van der Waals surface area contributed by atoms with Crippen molar-refractivity contribution in [1.29, 1.82) is 0 Å². The van der Waals surface area contributed by atoms with E-state index in [-0.39, 0.29) is 12.0 Å². The van der Waals surface area contributed by atoms with E-state index in [1.54, 1.807) is 10.9 Å². The van der Waals surface area contributed by atoms with Gasteiger partial charge in [0.05, 0.1) is 17.4 Å². The highest BCUT2D eigenvalue weighted by Crippen LogP contribution is 2.23. The minimum absolute atomic E-state index is 0.114. The predicted molar refractivity (Wildman–Crippen MR) is 100 cm³/mol. The Morgan fingerprint density at radius 2 is 1.85 bits per heavy atom. The molecule has 0 unspecified atom stereocenters. The second kappa shape index (κ2) is 7.54. The summed E-state index contributed by atoms with van der Waals surface area (Å²) in [5.74, 6) is -0.124. The van der Waals surface area contributed by atoms with Crippen LogP contribution in [-0.4, -0.2) is 34.9 Å². The number of rotatable bonds is 5. The van der Waals surface area contributed by atoms with Gasteiger partial charge in [-0.05, 0) is 25.0 Å². The SMILES string of the molecule is O=C(NC[C@@H]1CCCO1)c1cn(-c2ccccc2)nc1-c1ccccc1. The number of nitrogens with zero attached hydrogens (tertiary/aromatic N) is 2. The maximum absolute atomic E-state index is 12.8. The summed E-state index contributed by atoms with van der Waals surface area (Å²) >= 11 is 0. The van der Waals surface area contributed by atoms with Gasteiger partial charge in [0.1, 0.15) is 5.69 Å². The number of hydrogen-bond acceptors (Lipinski definition) is 3. The molecule has 0 saturated carbocycles. The van der Waals surface area contributed by atoms with Crippen molar-refractivity contribution in [3.05, 3.63) is 72.4 Å². The van der Waals surface area contributed by atoms with E-state index in [4.69, 9.17) is 4.74 Å². The summed E-state index contributed by atoms with van der Waals surface area (Å²) in [6.45, 7) is 1.31. The zero-order valence-corrected chi connectivity index (χ0v) is 14.5. The lowest BCUT2D eigenvalue weighted by Gasteiger charge is -2.10. The monoisotopic (exact) mass is 347 g/mol. The van der Waals surface area contributed by atoms with Gasteiger partial charge in [-0.3, -0.25) is 4.79 Å². The van der Waals surface area contributed by atoms with Gasteiger partial charge in [0, 0.05) is 24.9 Å². The summed E-state index contributed by atoms with van der Waals surface area (Å²) in [5, 5.41) is 7.67. The number of ether oxygens (including phenoxy) is 1. The highest BCUT2D eigenvalue weighted by Gasteiger charge is 2.21. The molecule has 26 heavy (non-hydrogen) atoms. The molecule has 4 rings (SSSR count). The molecule has 1 aliphatic heterocycles. The van der Waals surface area contributed by atoms with Gasteiger partial charge in [0.15, 0.2) is 0 Å². The molecule has 0 aliphatic carbocycles. The molecule has 5 heteroatoms. The highest BCUT2D eigenvalue weighted by molar-refractivity contribution is 5.99. The van der Waals surface area contributed by atoms with Gasteiger partial charge in [0.25, 0.3) is 5.91 Å². The van der Waals surface area contributed by atoms with Gasteiger partial charge in [-0.2, -0.15) is 5.10 Å². The van der Waals surface area contributed by atoms with Crippen LogP contribution in [0.15, 0.2) is 66.9 Å². The molecule has 1 N–H and O–H groups in total. The summed E-state index contributed by atoms with van der Waals surface area (Å²) in [6, 6.07) is 19.6. The quantitative estimate of drug-likeness (QED) is 0.769. The second-order valence-corrected chi connectivity index (χ2v) is 6.38. The summed E-state index contributed by atoms with van der Waals surface area (Å²) in [4.78, 5) is 12.8. The molecule has 5 nitrogen and oxygen atoms in total. The predicted octanol–water partition coefficient (Wildman–Crippen LogP) is 3.45. The van der Waals surface area contributed by atoms with Crippen LogP contribution in [0.1, 0.15) is 23.2 Å². The van der Waals surface area contributed by atoms with Crippen LogP contribution >= 0.6 is 0 Å². The van der Waals surface area contributed by atoms with Gasteiger partial charge < -0.3 is 10.1 Å². The van der Waals surface area contributed by atoms with Crippen LogP contribution in [0.5, 0.6) is 0 Å². The van der Waals surface area contributed by atoms with Crippen LogP contribution in [0.3, 0.4) is 0 Å². The van der Waals surface area contributed by atoms with Crippen molar-refractivity contribution in [2.75, 3.05) is 13.2 Å². The van der Waals surface area contributed by atoms with Crippen LogP contribution in [-0.2, 0) is 4.74 Å². The lowest BCUT2D eigenvalue weighted by atomic mass is 10.1. The third-order valence-corrected chi connectivity index (χ3v) is 4.54. The number of amides is 1. The summed E-state index contributed by atoms with van der Waals surface area (Å²) in [6.07, 6.45) is 3.96. The van der Waals surface area contributed by atoms with Crippen molar-refractivity contribution < 1.29 is 9.53 Å². The van der Waals surface area contributed by atoms with Crippen LogP contribution in [0.25, 0.3) is 16.9 Å². The Bertz CT molecular complexity index is 869. The zero-order valence-electron chi connectivity index (χ0n) is 14.5. The van der Waals surface area contributed by atoms with Crippen molar-refractivity contribution >= 4 is 5.91 Å². The number of para-hydroxylation sites is 1. The minimum atomic E-state index is -0.124. The standard InChI is InChI=1S/C21H21N3O2/c25-21(22-14-18-12-7-13-26-18)19-15-24(17-10-5-2-6-11-17)23-20(19)16-8-3-1-4-9-16/h1-6,8-11,15,18H,7,12-14H2,(H,22,25)/t18-/m0/s1. The summed E-state index contributed by atoms with van der Waals surface area (Å²) < 4.78 is 7.35. The van der Waals surface area contributed by atoms with Crippen molar-refractivity contribution in [3.63, 3.8) is 0 Å². The molecule has 1 atom stereocenters. The van der Waals surface area contributed by atoms with E-state index >= 15 is 0 Å². The molecule has 0 radical (unpaired) electrons. The minimum Gasteiger partial charge on any atom is -0.376 e. The van der Waals surface area contributed by atoms with Crippen LogP contribution < -0.4 is 5.32 Å². The Labute approximate surface area is 152 Å². The first-order chi connectivity index (χ1) is 12.8. The number of aromatic nitrogens is 2. The largest absolute Gasteiger partial charge is 0.376 e. The van der Waals surface area contributed by atoms with Gasteiger partial charge >= 0.3 is 0 Å². The molecule has 2 heterocycles. The Balaban J connectivity index is 1.65. The Hall–Kier alpha value is -2.92. The van der Waals surface area contributed by atoms with Crippen LogP contribution in [0.4, 0.5) is 0 Å². The van der Waals surface area contributed by atoms with Gasteiger partial charge in [-0.15, -0.1) is 0 Å². The van der Waals surface area contributed by atoms with E-state index in [0.29, 0.717) is 17.8 Å². The molecule has 132 valence electrons. The second-order valence-electron chi connectivity index (χ2n) is 6.38. The van der Waals surface area contributed by atoms with Crippen LogP contribution in [0, 0.1) is 0 Å². The summed E-state index contributed by atoms with van der Waals surface area (Å²) in [5.41, 5.74) is 3.09. The molecule has 0 spiro atoms. The molecule has 1 fully saturated rings. The normalized spacial score (nSPS) is 16.5. The number of carbonyl (C=O) groups is 1. The van der Waals surface area contributed by atoms with E-state index in [9.17, 15) is 4.79 Å². The molecule has 2 aromatic carbocycles. The molecule has 1 aromatic heterocycles. The highest BCUT2D eigenvalue weighted by atomic mass is 16.5. The van der Waals surface area contributed by atoms with Gasteiger partial charge in [0.2, 0.25) is 0 Å². The number of hydrogen-bond donors (Lipinski definition) is 1. The molecule has 3 aromatic rings. The van der Waals surface area contributed by atoms with E-state index in [2.05, 4.69) is 10.4 Å². The molecule has 1 amide bonds.